The number of nitrogens with two attached hydrogens (primary N) is 1. The van der Waals surface area contributed by atoms with E-state index in [1.165, 1.54) is 10.6 Å². The molecule has 0 radical (unpaired) electrons. The van der Waals surface area contributed by atoms with Gasteiger partial charge in [0.1, 0.15) is 5.75 Å². The van der Waals surface area contributed by atoms with E-state index in [-0.39, 0.29) is 29.2 Å². The quantitative estimate of drug-likeness (QED) is 0.844. The summed E-state index contributed by atoms with van der Waals surface area (Å²) < 4.78 is 1.40. The van der Waals surface area contributed by atoms with Crippen LogP contribution in [0.2, 0.25) is 5.02 Å². The number of carbonyl (C=O) groups is 1. The SMILES string of the molecule is Cc1cc(O)c([C@H](N)C2CCN(C(=O)c3ccc(=O)n(C)c3)CC2)cc1Cl. The van der Waals surface area contributed by atoms with Crippen molar-refractivity contribution in [3.05, 3.63) is 62.5 Å². The largest absolute Gasteiger partial charge is 0.508 e. The van der Waals surface area contributed by atoms with Crippen molar-refractivity contribution in [3.63, 3.8) is 0 Å². The Morgan fingerprint density at radius 2 is 1.96 bits per heavy atom. The number of halogens is 1. The third-order valence-electron chi connectivity index (χ3n) is 5.33. The van der Waals surface area contributed by atoms with E-state index in [0.29, 0.717) is 29.2 Å². The molecule has 0 unspecified atom stereocenters. The summed E-state index contributed by atoms with van der Waals surface area (Å²) in [5.41, 5.74) is 8.21. The monoisotopic (exact) mass is 389 g/mol. The van der Waals surface area contributed by atoms with Crippen LogP contribution in [0.1, 0.15) is 40.4 Å². The summed E-state index contributed by atoms with van der Waals surface area (Å²) in [5, 5.41) is 10.8. The van der Waals surface area contributed by atoms with Crippen LogP contribution >= 0.6 is 11.6 Å². The highest BCUT2D eigenvalue weighted by Crippen LogP contribution is 2.36. The molecule has 27 heavy (non-hydrogen) atoms. The Balaban J connectivity index is 1.68. The summed E-state index contributed by atoms with van der Waals surface area (Å²) in [6.07, 6.45) is 3.04. The Hall–Kier alpha value is -2.31. The predicted molar refractivity (Wildman–Crippen MR) is 105 cm³/mol. The number of aromatic hydroxyl groups is 1. The lowest BCUT2D eigenvalue weighted by molar-refractivity contribution is 0.0676. The second-order valence-electron chi connectivity index (χ2n) is 7.18. The second kappa shape index (κ2) is 7.74. The molecule has 6 nitrogen and oxygen atoms in total. The van der Waals surface area contributed by atoms with Gasteiger partial charge in [-0.2, -0.15) is 0 Å². The van der Waals surface area contributed by atoms with Crippen LogP contribution in [0.25, 0.3) is 0 Å². The molecule has 0 spiro atoms. The number of phenols is 1. The van der Waals surface area contributed by atoms with E-state index in [2.05, 4.69) is 0 Å². The fourth-order valence-corrected chi connectivity index (χ4v) is 3.74. The molecule has 1 aliphatic rings. The maximum Gasteiger partial charge on any atom is 0.255 e. The van der Waals surface area contributed by atoms with Gasteiger partial charge in [0.15, 0.2) is 0 Å². The molecule has 7 heteroatoms. The van der Waals surface area contributed by atoms with Gasteiger partial charge in [-0.05, 0) is 49.4 Å². The van der Waals surface area contributed by atoms with E-state index in [9.17, 15) is 14.7 Å². The zero-order chi connectivity index (χ0) is 19.7. The summed E-state index contributed by atoms with van der Waals surface area (Å²) in [4.78, 5) is 25.9. The number of carbonyl (C=O) groups excluding carboxylic acids is 1. The highest BCUT2D eigenvalue weighted by Gasteiger charge is 2.29. The maximum absolute atomic E-state index is 12.7. The van der Waals surface area contributed by atoms with Crippen LogP contribution in [-0.4, -0.2) is 33.6 Å². The van der Waals surface area contributed by atoms with Crippen LogP contribution in [0.5, 0.6) is 5.75 Å². The lowest BCUT2D eigenvalue weighted by atomic mass is 9.85. The van der Waals surface area contributed by atoms with Gasteiger partial charge in [0.2, 0.25) is 5.56 Å². The molecule has 1 aromatic carbocycles. The number of nitrogens with zero attached hydrogens (tertiary/aromatic N) is 2. The molecule has 1 aromatic heterocycles. The number of aryl methyl sites for hydroxylation is 2. The summed E-state index contributed by atoms with van der Waals surface area (Å²) in [5.74, 6) is 0.228. The molecular weight excluding hydrogens is 366 g/mol. The first kappa shape index (κ1) is 19.5. The number of benzene rings is 1. The molecule has 1 aliphatic heterocycles. The topological polar surface area (TPSA) is 88.6 Å². The van der Waals surface area contributed by atoms with Crippen molar-refractivity contribution in [2.24, 2.45) is 18.7 Å². The first-order valence-corrected chi connectivity index (χ1v) is 9.36. The minimum absolute atomic E-state index is 0.0844. The van der Waals surface area contributed by atoms with Gasteiger partial charge in [-0.3, -0.25) is 9.59 Å². The van der Waals surface area contributed by atoms with Gasteiger partial charge in [-0.25, -0.2) is 0 Å². The van der Waals surface area contributed by atoms with Crippen molar-refractivity contribution in [1.29, 1.82) is 0 Å². The average Bonchev–Trinajstić information content (AvgIpc) is 2.66. The summed E-state index contributed by atoms with van der Waals surface area (Å²) >= 11 is 6.18. The van der Waals surface area contributed by atoms with E-state index < -0.39 is 0 Å². The number of aromatic nitrogens is 1. The van der Waals surface area contributed by atoms with Crippen molar-refractivity contribution < 1.29 is 9.90 Å². The summed E-state index contributed by atoms with van der Waals surface area (Å²) in [6.45, 7) is 3.00. The summed E-state index contributed by atoms with van der Waals surface area (Å²) in [6, 6.07) is 6.00. The number of pyridine rings is 1. The molecule has 1 saturated heterocycles. The number of phenolic OH excluding ortho intramolecular Hbond substituents is 1. The van der Waals surface area contributed by atoms with Gasteiger partial charge in [0, 0.05) is 49.0 Å². The number of rotatable bonds is 3. The second-order valence-corrected chi connectivity index (χ2v) is 7.59. The highest BCUT2D eigenvalue weighted by molar-refractivity contribution is 6.31. The van der Waals surface area contributed by atoms with Gasteiger partial charge in [0.05, 0.1) is 5.56 Å². The Morgan fingerprint density at radius 3 is 2.59 bits per heavy atom. The first-order chi connectivity index (χ1) is 12.8. The van der Waals surface area contributed by atoms with Gasteiger partial charge in [-0.15, -0.1) is 0 Å². The Morgan fingerprint density at radius 1 is 1.30 bits per heavy atom. The Kier molecular flexibility index (Phi) is 5.58. The first-order valence-electron chi connectivity index (χ1n) is 8.98. The van der Waals surface area contributed by atoms with Gasteiger partial charge < -0.3 is 20.3 Å². The third kappa shape index (κ3) is 4.01. The van der Waals surface area contributed by atoms with Gasteiger partial charge >= 0.3 is 0 Å². The lowest BCUT2D eigenvalue weighted by Crippen LogP contribution is -2.41. The molecule has 0 bridgehead atoms. The lowest BCUT2D eigenvalue weighted by Gasteiger charge is -2.35. The highest BCUT2D eigenvalue weighted by atomic mass is 35.5. The molecule has 2 aromatic rings. The molecule has 2 heterocycles. The van der Waals surface area contributed by atoms with Crippen molar-refractivity contribution in [1.82, 2.24) is 9.47 Å². The smallest absolute Gasteiger partial charge is 0.255 e. The number of hydrogen-bond acceptors (Lipinski definition) is 4. The van der Waals surface area contributed by atoms with Crippen LogP contribution in [0.4, 0.5) is 0 Å². The maximum atomic E-state index is 12.7. The van der Waals surface area contributed by atoms with Crippen LogP contribution in [0, 0.1) is 12.8 Å². The molecule has 0 aliphatic carbocycles. The molecule has 3 rings (SSSR count). The molecule has 1 fully saturated rings. The van der Waals surface area contributed by atoms with Crippen molar-refractivity contribution in [3.8, 4) is 5.75 Å². The summed E-state index contributed by atoms with van der Waals surface area (Å²) in [7, 11) is 1.63. The van der Waals surface area contributed by atoms with Crippen molar-refractivity contribution >= 4 is 17.5 Å². The van der Waals surface area contributed by atoms with E-state index in [1.807, 2.05) is 6.92 Å². The number of hydrogen-bond donors (Lipinski definition) is 2. The van der Waals surface area contributed by atoms with Crippen LogP contribution in [0.3, 0.4) is 0 Å². The fourth-order valence-electron chi connectivity index (χ4n) is 3.57. The third-order valence-corrected chi connectivity index (χ3v) is 5.74. The molecule has 1 atom stereocenters. The molecule has 144 valence electrons. The van der Waals surface area contributed by atoms with Crippen LogP contribution in [-0.2, 0) is 7.05 Å². The van der Waals surface area contributed by atoms with E-state index >= 15 is 0 Å². The van der Waals surface area contributed by atoms with Crippen molar-refractivity contribution in [2.75, 3.05) is 13.1 Å². The zero-order valence-electron chi connectivity index (χ0n) is 15.5. The van der Waals surface area contributed by atoms with Gasteiger partial charge in [-0.1, -0.05) is 11.6 Å². The average molecular weight is 390 g/mol. The minimum atomic E-state index is -0.335. The minimum Gasteiger partial charge on any atom is -0.508 e. The van der Waals surface area contributed by atoms with Crippen LogP contribution in [0.15, 0.2) is 35.3 Å². The van der Waals surface area contributed by atoms with E-state index in [1.54, 1.807) is 36.3 Å². The fraction of sp³-hybridized carbons (Fsp3) is 0.400. The number of amides is 1. The Labute approximate surface area is 163 Å². The van der Waals surface area contributed by atoms with Gasteiger partial charge in [0.25, 0.3) is 5.91 Å². The molecule has 1 amide bonds. The normalized spacial score (nSPS) is 16.4. The van der Waals surface area contributed by atoms with Crippen molar-refractivity contribution in [2.45, 2.75) is 25.8 Å². The standard InChI is InChI=1S/C20H24ClN3O3/c1-12-9-17(25)15(10-16(12)21)19(22)13-5-7-24(8-6-13)20(27)14-3-4-18(26)23(2)11-14/h3-4,9-11,13,19,25H,5-8,22H2,1-2H3/t19-/m1/s1. The number of piperidine rings is 1. The molecule has 0 saturated carbocycles. The van der Waals surface area contributed by atoms with E-state index in [4.69, 9.17) is 17.3 Å². The van der Waals surface area contributed by atoms with Crippen LogP contribution < -0.4 is 11.3 Å². The molecule has 3 N–H and O–H groups in total. The molecular formula is C20H24ClN3O3. The Bertz CT molecular complexity index is 917. The van der Waals surface area contributed by atoms with E-state index in [0.717, 1.165) is 18.4 Å². The predicted octanol–water partition coefficient (Wildman–Crippen LogP) is 2.60. The zero-order valence-corrected chi connectivity index (χ0v) is 16.2. The number of likely N-dealkylation sites (tertiary alicyclic amines) is 1.